The van der Waals surface area contributed by atoms with Gasteiger partial charge in [-0.15, -0.1) is 0 Å². The first-order valence-corrected chi connectivity index (χ1v) is 7.01. The Morgan fingerprint density at radius 3 is 2.17 bits per heavy atom. The van der Waals surface area contributed by atoms with Gasteiger partial charge < -0.3 is 9.84 Å². The molecule has 0 aliphatic carbocycles. The highest BCUT2D eigenvalue weighted by Crippen LogP contribution is 2.44. The van der Waals surface area contributed by atoms with Crippen molar-refractivity contribution in [3.63, 3.8) is 0 Å². The quantitative estimate of drug-likeness (QED) is 0.450. The number of alkyl halides is 5. The number of allylic oxidation sites excluding steroid dienone is 1. The van der Waals surface area contributed by atoms with Crippen LogP contribution >= 0.6 is 15.9 Å². The number of benzene rings is 1. The summed E-state index contributed by atoms with van der Waals surface area (Å²) in [5.74, 6) is -7.30. The van der Waals surface area contributed by atoms with Crippen molar-refractivity contribution in [2.24, 2.45) is 0 Å². The topological polar surface area (TPSA) is 53.2 Å². The Kier molecular flexibility index (Phi) is 6.13. The van der Waals surface area contributed by atoms with Gasteiger partial charge in [0.05, 0.1) is 6.61 Å². The molecule has 1 N–H and O–H groups in total. The Morgan fingerprint density at radius 2 is 1.78 bits per heavy atom. The number of halogens is 6. The lowest BCUT2D eigenvalue weighted by Gasteiger charge is -2.25. The van der Waals surface area contributed by atoms with Crippen LogP contribution in [0.25, 0.3) is 0 Å². The fraction of sp³-hybridized carbons (Fsp3) is 0.357. The van der Waals surface area contributed by atoms with Gasteiger partial charge in [-0.2, -0.15) is 27.2 Å². The summed E-state index contributed by atoms with van der Waals surface area (Å²) >= 11 is 3.11. The summed E-state index contributed by atoms with van der Waals surface area (Å²) in [6, 6.07) is 6.63. The van der Waals surface area contributed by atoms with E-state index < -0.39 is 36.1 Å². The molecule has 1 atom stereocenters. The van der Waals surface area contributed by atoms with E-state index in [1.54, 1.807) is 0 Å². The molecule has 126 valence electrons. The van der Waals surface area contributed by atoms with E-state index in [1.165, 1.54) is 37.3 Å². The van der Waals surface area contributed by atoms with E-state index in [-0.39, 0.29) is 5.56 Å². The van der Waals surface area contributed by atoms with Crippen LogP contribution in [0.3, 0.4) is 0 Å². The van der Waals surface area contributed by atoms with Crippen LogP contribution in [0, 0.1) is 11.3 Å². The van der Waals surface area contributed by atoms with Gasteiger partial charge in [-0.25, -0.2) is 0 Å². The highest BCUT2D eigenvalue weighted by molar-refractivity contribution is 9.10. The molecule has 1 aromatic carbocycles. The zero-order valence-electron chi connectivity index (χ0n) is 11.7. The van der Waals surface area contributed by atoms with Crippen LogP contribution in [0.2, 0.25) is 0 Å². The van der Waals surface area contributed by atoms with Crippen molar-refractivity contribution < 1.29 is 31.8 Å². The summed E-state index contributed by atoms with van der Waals surface area (Å²) in [6.45, 7) is 0.659. The summed E-state index contributed by atoms with van der Waals surface area (Å²) in [5.41, 5.74) is -1.23. The van der Waals surface area contributed by atoms with Gasteiger partial charge in [0, 0.05) is 4.47 Å². The molecule has 1 unspecified atom stereocenters. The van der Waals surface area contributed by atoms with Crippen molar-refractivity contribution >= 4 is 15.9 Å². The summed E-state index contributed by atoms with van der Waals surface area (Å²) < 4.78 is 69.8. The average Bonchev–Trinajstić information content (AvgIpc) is 2.46. The van der Waals surface area contributed by atoms with Crippen LogP contribution in [0.15, 0.2) is 40.1 Å². The lowest BCUT2D eigenvalue weighted by Crippen LogP contribution is -2.40. The molecule has 3 nitrogen and oxygen atoms in total. The van der Waals surface area contributed by atoms with Crippen molar-refractivity contribution in [1.82, 2.24) is 0 Å². The molecule has 0 saturated carbocycles. The largest absolute Gasteiger partial charge is 0.491 e. The third kappa shape index (κ3) is 4.20. The molecule has 23 heavy (non-hydrogen) atoms. The molecular formula is C14H11BrF5NO2. The smallest absolute Gasteiger partial charge is 0.461 e. The highest BCUT2D eigenvalue weighted by Gasteiger charge is 2.63. The Labute approximate surface area is 137 Å². The second-order valence-electron chi connectivity index (χ2n) is 4.31. The second-order valence-corrected chi connectivity index (χ2v) is 5.23. The van der Waals surface area contributed by atoms with Gasteiger partial charge in [0.25, 0.3) is 0 Å². The van der Waals surface area contributed by atoms with Gasteiger partial charge in [-0.3, -0.25) is 0 Å². The molecule has 0 aliphatic rings. The van der Waals surface area contributed by atoms with E-state index in [0.29, 0.717) is 4.47 Å². The van der Waals surface area contributed by atoms with E-state index in [0.717, 1.165) is 0 Å². The minimum atomic E-state index is -5.96. The zero-order chi connectivity index (χ0) is 17.8. The standard InChI is InChI=1S/C14H11BrF5NO2/c1-2-23-12(13(16,17)14(18,19)20)10(7-21)11(22)8-3-5-9(15)6-4-8/h3-6,11,22H,2H2,1H3/b12-10+. The Morgan fingerprint density at radius 1 is 1.26 bits per heavy atom. The fourth-order valence-electron chi connectivity index (χ4n) is 1.66. The maximum atomic E-state index is 13.6. The molecule has 0 aromatic heterocycles. The monoisotopic (exact) mass is 399 g/mol. The van der Waals surface area contributed by atoms with E-state index in [2.05, 4.69) is 20.7 Å². The van der Waals surface area contributed by atoms with Gasteiger partial charge in [-0.05, 0) is 24.6 Å². The van der Waals surface area contributed by atoms with Gasteiger partial charge >= 0.3 is 12.1 Å². The molecule has 1 rings (SSSR count). The summed E-state index contributed by atoms with van der Waals surface area (Å²) in [5, 5.41) is 19.0. The predicted molar refractivity (Wildman–Crippen MR) is 74.4 cm³/mol. The molecule has 9 heteroatoms. The number of nitriles is 1. The van der Waals surface area contributed by atoms with Crippen LogP contribution in [0.5, 0.6) is 0 Å². The van der Waals surface area contributed by atoms with Gasteiger partial charge in [0.2, 0.25) is 0 Å². The number of nitrogens with zero attached hydrogens (tertiary/aromatic N) is 1. The van der Waals surface area contributed by atoms with Crippen molar-refractivity contribution in [1.29, 1.82) is 5.26 Å². The third-order valence-corrected chi connectivity index (χ3v) is 3.28. The van der Waals surface area contributed by atoms with Crippen LogP contribution in [-0.4, -0.2) is 23.8 Å². The average molecular weight is 400 g/mol. The zero-order valence-corrected chi connectivity index (χ0v) is 13.3. The van der Waals surface area contributed by atoms with Crippen molar-refractivity contribution in [2.75, 3.05) is 6.61 Å². The van der Waals surface area contributed by atoms with Crippen LogP contribution in [0.4, 0.5) is 22.0 Å². The van der Waals surface area contributed by atoms with Crippen LogP contribution < -0.4 is 0 Å². The van der Waals surface area contributed by atoms with Gasteiger partial charge in [-0.1, -0.05) is 28.1 Å². The maximum absolute atomic E-state index is 13.6. The van der Waals surface area contributed by atoms with Gasteiger partial charge in [0.15, 0.2) is 5.76 Å². The number of ether oxygens (including phenoxy) is 1. The van der Waals surface area contributed by atoms with E-state index >= 15 is 0 Å². The van der Waals surface area contributed by atoms with Crippen LogP contribution in [0.1, 0.15) is 18.6 Å². The molecule has 0 heterocycles. The van der Waals surface area contributed by atoms with Crippen LogP contribution in [-0.2, 0) is 4.74 Å². The first kappa shape index (κ1) is 19.4. The minimum Gasteiger partial charge on any atom is -0.491 e. The van der Waals surface area contributed by atoms with Gasteiger partial charge in [0.1, 0.15) is 17.7 Å². The van der Waals surface area contributed by atoms with Crippen molar-refractivity contribution in [3.8, 4) is 6.07 Å². The van der Waals surface area contributed by atoms with E-state index in [4.69, 9.17) is 5.26 Å². The number of hydrogen-bond donors (Lipinski definition) is 1. The van der Waals surface area contributed by atoms with E-state index in [1.807, 2.05) is 0 Å². The molecule has 0 spiro atoms. The molecule has 0 amide bonds. The fourth-order valence-corrected chi connectivity index (χ4v) is 1.92. The number of aliphatic hydroxyl groups is 1. The predicted octanol–water partition coefficient (Wildman–Crippen LogP) is 4.49. The normalized spacial score (nSPS) is 14.7. The Bertz CT molecular complexity index is 620. The number of rotatable bonds is 5. The van der Waals surface area contributed by atoms with Crippen molar-refractivity contribution in [2.45, 2.75) is 25.1 Å². The van der Waals surface area contributed by atoms with Crippen molar-refractivity contribution in [3.05, 3.63) is 45.6 Å². The number of hydrogen-bond acceptors (Lipinski definition) is 3. The second kappa shape index (κ2) is 7.27. The van der Waals surface area contributed by atoms with E-state index in [9.17, 15) is 27.1 Å². The highest BCUT2D eigenvalue weighted by atomic mass is 79.9. The lowest BCUT2D eigenvalue weighted by molar-refractivity contribution is -0.277. The molecule has 1 aromatic rings. The third-order valence-electron chi connectivity index (χ3n) is 2.75. The Balaban J connectivity index is 3.46. The summed E-state index contributed by atoms with van der Waals surface area (Å²) in [4.78, 5) is 0. The first-order chi connectivity index (χ1) is 10.6. The molecule has 0 bridgehead atoms. The first-order valence-electron chi connectivity index (χ1n) is 6.21. The Hall–Kier alpha value is -1.66. The summed E-state index contributed by atoms with van der Waals surface area (Å²) in [6.07, 6.45) is -7.94. The number of aliphatic hydroxyl groups excluding tert-OH is 1. The molecule has 0 aliphatic heterocycles. The minimum absolute atomic E-state index is 0.0278. The molecular weight excluding hydrogens is 389 g/mol. The summed E-state index contributed by atoms with van der Waals surface area (Å²) in [7, 11) is 0. The molecule has 0 saturated heterocycles. The maximum Gasteiger partial charge on any atom is 0.461 e. The lowest BCUT2D eigenvalue weighted by atomic mass is 9.99. The molecule has 0 fully saturated rings. The SMILES string of the molecule is CCO/C(=C(\C#N)C(O)c1ccc(Br)cc1)C(F)(F)C(F)(F)F. The molecule has 0 radical (unpaired) electrons.